The number of carboxylic acid groups (broad SMARTS) is 1. The molecule has 1 heterocycles. The lowest BCUT2D eigenvalue weighted by atomic mass is 9.82. The fourth-order valence-corrected chi connectivity index (χ4v) is 2.54. The molecule has 0 radical (unpaired) electrons. The molecule has 0 fully saturated rings. The summed E-state index contributed by atoms with van der Waals surface area (Å²) in [6, 6.07) is 4.39. The van der Waals surface area contributed by atoms with Gasteiger partial charge in [0.1, 0.15) is 5.69 Å². The number of benzene rings is 1. The average molecular weight is 369 g/mol. The normalized spacial score (nSPS) is 11.4. The lowest BCUT2D eigenvalue weighted by molar-refractivity contribution is -0.149. The Hall–Kier alpha value is -2.48. The lowest BCUT2D eigenvalue weighted by Gasteiger charge is -2.26. The van der Waals surface area contributed by atoms with Crippen molar-refractivity contribution >= 4 is 23.5 Å². The largest absolute Gasteiger partial charge is 0.481 e. The molecule has 2 rings (SSSR count). The van der Waals surface area contributed by atoms with E-state index in [2.05, 4.69) is 15.6 Å². The van der Waals surface area contributed by atoms with Crippen LogP contribution < -0.4 is 5.32 Å². The van der Waals surface area contributed by atoms with E-state index in [0.29, 0.717) is 12.8 Å². The van der Waals surface area contributed by atoms with Gasteiger partial charge in [0.25, 0.3) is 5.91 Å². The SMILES string of the molecule is CCC(CC)(CNC(=O)c1cn(-c2cccc(Cl)c2F)nn1)C(=O)O. The molecule has 1 aromatic heterocycles. The highest BCUT2D eigenvalue weighted by Gasteiger charge is 2.35. The topological polar surface area (TPSA) is 97.1 Å². The van der Waals surface area contributed by atoms with E-state index in [4.69, 9.17) is 11.6 Å². The smallest absolute Gasteiger partial charge is 0.311 e. The first-order valence-corrected chi connectivity index (χ1v) is 8.10. The van der Waals surface area contributed by atoms with Gasteiger partial charge in [0.2, 0.25) is 0 Å². The van der Waals surface area contributed by atoms with Gasteiger partial charge >= 0.3 is 5.97 Å². The van der Waals surface area contributed by atoms with Crippen molar-refractivity contribution in [2.75, 3.05) is 6.54 Å². The van der Waals surface area contributed by atoms with Crippen LogP contribution >= 0.6 is 11.6 Å². The Balaban J connectivity index is 2.16. The third kappa shape index (κ3) is 3.79. The van der Waals surface area contributed by atoms with Crippen LogP contribution in [-0.4, -0.2) is 38.5 Å². The average Bonchev–Trinajstić information content (AvgIpc) is 3.08. The monoisotopic (exact) mass is 368 g/mol. The molecule has 134 valence electrons. The molecule has 2 N–H and O–H groups in total. The number of nitrogens with zero attached hydrogens (tertiary/aromatic N) is 3. The van der Waals surface area contributed by atoms with E-state index in [1.165, 1.54) is 18.3 Å². The maximum atomic E-state index is 14.0. The van der Waals surface area contributed by atoms with Crippen LogP contribution in [0.4, 0.5) is 4.39 Å². The molecule has 0 aliphatic rings. The van der Waals surface area contributed by atoms with Crippen molar-refractivity contribution in [1.29, 1.82) is 0 Å². The third-order valence-electron chi connectivity index (χ3n) is 4.30. The number of aromatic nitrogens is 3. The van der Waals surface area contributed by atoms with Gasteiger partial charge in [0.05, 0.1) is 16.6 Å². The van der Waals surface area contributed by atoms with E-state index >= 15 is 0 Å². The molecule has 0 aliphatic heterocycles. The van der Waals surface area contributed by atoms with Crippen LogP contribution in [-0.2, 0) is 4.79 Å². The minimum Gasteiger partial charge on any atom is -0.481 e. The first-order chi connectivity index (χ1) is 11.8. The number of hydrogen-bond acceptors (Lipinski definition) is 4. The van der Waals surface area contributed by atoms with Gasteiger partial charge in [-0.25, -0.2) is 9.07 Å². The molecule has 1 aromatic carbocycles. The molecule has 9 heteroatoms. The third-order valence-corrected chi connectivity index (χ3v) is 4.59. The second-order valence-corrected chi connectivity index (χ2v) is 6.00. The van der Waals surface area contributed by atoms with E-state index in [0.717, 1.165) is 4.68 Å². The van der Waals surface area contributed by atoms with Crippen molar-refractivity contribution in [2.45, 2.75) is 26.7 Å². The summed E-state index contributed by atoms with van der Waals surface area (Å²) in [7, 11) is 0. The Morgan fingerprint density at radius 2 is 2.04 bits per heavy atom. The van der Waals surface area contributed by atoms with E-state index in [-0.39, 0.29) is 22.9 Å². The summed E-state index contributed by atoms with van der Waals surface area (Å²) < 4.78 is 15.1. The number of aliphatic carboxylic acids is 1. The fourth-order valence-electron chi connectivity index (χ4n) is 2.37. The highest BCUT2D eigenvalue weighted by molar-refractivity contribution is 6.30. The fraction of sp³-hybridized carbons (Fsp3) is 0.375. The lowest BCUT2D eigenvalue weighted by Crippen LogP contribution is -2.42. The maximum Gasteiger partial charge on any atom is 0.311 e. The number of amides is 1. The molecule has 0 saturated heterocycles. The molecule has 7 nitrogen and oxygen atoms in total. The van der Waals surface area contributed by atoms with E-state index in [9.17, 15) is 19.1 Å². The minimum absolute atomic E-state index is 0.0352. The van der Waals surface area contributed by atoms with E-state index in [1.54, 1.807) is 19.9 Å². The molecule has 1 amide bonds. The molecule has 0 aliphatic carbocycles. The second kappa shape index (κ2) is 7.60. The molecule has 25 heavy (non-hydrogen) atoms. The van der Waals surface area contributed by atoms with Crippen LogP contribution in [0.25, 0.3) is 5.69 Å². The van der Waals surface area contributed by atoms with Gasteiger partial charge in [-0.2, -0.15) is 0 Å². The second-order valence-electron chi connectivity index (χ2n) is 5.60. The Morgan fingerprint density at radius 1 is 1.36 bits per heavy atom. The zero-order valence-corrected chi connectivity index (χ0v) is 14.5. The minimum atomic E-state index is -1.04. The summed E-state index contributed by atoms with van der Waals surface area (Å²) in [6.45, 7) is 3.47. The van der Waals surface area contributed by atoms with Crippen molar-refractivity contribution in [1.82, 2.24) is 20.3 Å². The Morgan fingerprint density at radius 3 is 2.64 bits per heavy atom. The zero-order valence-electron chi connectivity index (χ0n) is 13.8. The Bertz CT molecular complexity index is 789. The quantitative estimate of drug-likeness (QED) is 0.783. The van der Waals surface area contributed by atoms with Crippen molar-refractivity contribution < 1.29 is 19.1 Å². The maximum absolute atomic E-state index is 14.0. The Kier molecular flexibility index (Phi) is 5.73. The first kappa shape index (κ1) is 18.9. The number of carbonyl (C=O) groups excluding carboxylic acids is 1. The van der Waals surface area contributed by atoms with Crippen molar-refractivity contribution in [3.8, 4) is 5.69 Å². The van der Waals surface area contributed by atoms with Crippen LogP contribution in [0.1, 0.15) is 37.2 Å². The van der Waals surface area contributed by atoms with Gasteiger partial charge in [-0.3, -0.25) is 9.59 Å². The standard InChI is InChI=1S/C16H18ClFN4O3/c1-3-16(4-2,15(24)25)9-19-14(23)11-8-22(21-20-11)12-7-5-6-10(17)13(12)18/h5-8H,3-4,9H2,1-2H3,(H,19,23)(H,24,25). The number of rotatable bonds is 7. The summed E-state index contributed by atoms with van der Waals surface area (Å²) >= 11 is 5.72. The summed E-state index contributed by atoms with van der Waals surface area (Å²) in [5.41, 5.74) is -1.03. The molecule has 0 bridgehead atoms. The summed E-state index contributed by atoms with van der Waals surface area (Å²) in [4.78, 5) is 23.7. The van der Waals surface area contributed by atoms with Crippen LogP contribution in [0.15, 0.2) is 24.4 Å². The van der Waals surface area contributed by atoms with E-state index in [1.807, 2.05) is 0 Å². The van der Waals surface area contributed by atoms with Crippen LogP contribution in [0.3, 0.4) is 0 Å². The van der Waals surface area contributed by atoms with Crippen LogP contribution in [0.2, 0.25) is 5.02 Å². The number of hydrogen-bond donors (Lipinski definition) is 2. The van der Waals surface area contributed by atoms with Crippen molar-refractivity contribution in [2.24, 2.45) is 5.41 Å². The van der Waals surface area contributed by atoms with Gasteiger partial charge < -0.3 is 10.4 Å². The molecule has 0 atom stereocenters. The van der Waals surface area contributed by atoms with Crippen molar-refractivity contribution in [3.05, 3.63) is 40.9 Å². The summed E-state index contributed by atoms with van der Waals surface area (Å²) in [5, 5.41) is 19.3. The number of nitrogens with one attached hydrogen (secondary N) is 1. The highest BCUT2D eigenvalue weighted by atomic mass is 35.5. The number of halogens is 2. The predicted molar refractivity (Wildman–Crippen MR) is 89.3 cm³/mol. The highest BCUT2D eigenvalue weighted by Crippen LogP contribution is 2.26. The van der Waals surface area contributed by atoms with Gasteiger partial charge in [0, 0.05) is 6.54 Å². The van der Waals surface area contributed by atoms with Gasteiger partial charge in [0.15, 0.2) is 11.5 Å². The number of carbonyl (C=O) groups is 2. The number of carboxylic acids is 1. The van der Waals surface area contributed by atoms with Crippen LogP contribution in [0.5, 0.6) is 0 Å². The zero-order chi connectivity index (χ0) is 18.6. The molecule has 0 saturated carbocycles. The molecular formula is C16H18ClFN4O3. The summed E-state index contributed by atoms with van der Waals surface area (Å²) in [6.07, 6.45) is 2.00. The van der Waals surface area contributed by atoms with Crippen LogP contribution in [0, 0.1) is 11.2 Å². The first-order valence-electron chi connectivity index (χ1n) is 7.73. The van der Waals surface area contributed by atoms with Gasteiger partial charge in [-0.05, 0) is 25.0 Å². The Labute approximate surface area is 148 Å². The molecule has 0 unspecified atom stereocenters. The van der Waals surface area contributed by atoms with Crippen molar-refractivity contribution in [3.63, 3.8) is 0 Å². The predicted octanol–water partition coefficient (Wildman–Crippen LogP) is 2.68. The van der Waals surface area contributed by atoms with E-state index < -0.39 is 23.1 Å². The molecule has 0 spiro atoms. The van der Waals surface area contributed by atoms with Gasteiger partial charge in [-0.1, -0.05) is 36.7 Å². The summed E-state index contributed by atoms with van der Waals surface area (Å²) in [5.74, 6) is -2.23. The van der Waals surface area contributed by atoms with Gasteiger partial charge in [-0.15, -0.1) is 5.10 Å². The molecular weight excluding hydrogens is 351 g/mol. The molecule has 2 aromatic rings.